The first-order valence-corrected chi connectivity index (χ1v) is 10.4. The molecule has 3 aromatic carbocycles. The van der Waals surface area contributed by atoms with Crippen LogP contribution in [0.5, 0.6) is 23.0 Å². The van der Waals surface area contributed by atoms with Crippen molar-refractivity contribution in [2.24, 2.45) is 0 Å². The van der Waals surface area contributed by atoms with Gasteiger partial charge in [-0.25, -0.2) is 0 Å². The zero-order valence-corrected chi connectivity index (χ0v) is 18.2. The Balaban J connectivity index is 1.39. The molecule has 0 unspecified atom stereocenters. The largest absolute Gasteiger partial charge is 0.494 e. The number of nitrogens with zero attached hydrogens (tertiary/aromatic N) is 2. The van der Waals surface area contributed by atoms with Gasteiger partial charge >= 0.3 is 0 Å². The minimum absolute atomic E-state index is 0.180. The highest BCUT2D eigenvalue weighted by atomic mass is 16.6. The number of ether oxygens (including phenoxy) is 3. The summed E-state index contributed by atoms with van der Waals surface area (Å²) < 4.78 is 16.5. The number of non-ortho nitro benzene ring substituents is 1. The average Bonchev–Trinajstić information content (AvgIpc) is 2.83. The lowest BCUT2D eigenvalue weighted by atomic mass is 10.2. The van der Waals surface area contributed by atoms with E-state index < -0.39 is 16.7 Å². The van der Waals surface area contributed by atoms with Crippen LogP contribution >= 0.6 is 0 Å². The molecule has 1 aliphatic heterocycles. The van der Waals surface area contributed by atoms with Crippen molar-refractivity contribution in [3.05, 3.63) is 76.8 Å². The Morgan fingerprint density at radius 1 is 1.06 bits per heavy atom. The molecule has 0 bridgehead atoms. The monoisotopic (exact) mass is 463 g/mol. The van der Waals surface area contributed by atoms with E-state index in [1.165, 1.54) is 23.1 Å². The lowest BCUT2D eigenvalue weighted by Crippen LogP contribution is -2.43. The molecule has 0 radical (unpaired) electrons. The smallest absolute Gasteiger partial charge is 0.271 e. The molecule has 174 valence electrons. The van der Waals surface area contributed by atoms with Crippen LogP contribution in [-0.4, -0.2) is 36.5 Å². The number of rotatable bonds is 8. The number of hydrogen-bond acceptors (Lipinski definition) is 7. The normalized spacial score (nSPS) is 12.4. The number of nitro benzene ring substituents is 1. The van der Waals surface area contributed by atoms with Crippen molar-refractivity contribution in [3.8, 4) is 23.0 Å². The van der Waals surface area contributed by atoms with Crippen molar-refractivity contribution in [3.63, 3.8) is 0 Å². The van der Waals surface area contributed by atoms with Gasteiger partial charge in [0.2, 0.25) is 5.91 Å². The Kier molecular flexibility index (Phi) is 6.58. The van der Waals surface area contributed by atoms with E-state index in [2.05, 4.69) is 5.32 Å². The first-order valence-electron chi connectivity index (χ1n) is 10.4. The first-order chi connectivity index (χ1) is 16.4. The maximum absolute atomic E-state index is 12.6. The predicted molar refractivity (Wildman–Crippen MR) is 124 cm³/mol. The Morgan fingerprint density at radius 2 is 1.71 bits per heavy atom. The predicted octanol–water partition coefficient (Wildman–Crippen LogP) is 4.15. The number of amides is 2. The van der Waals surface area contributed by atoms with Gasteiger partial charge in [-0.3, -0.25) is 24.6 Å². The summed E-state index contributed by atoms with van der Waals surface area (Å²) in [6, 6.07) is 17.9. The highest BCUT2D eigenvalue weighted by Crippen LogP contribution is 2.35. The van der Waals surface area contributed by atoms with Crippen LogP contribution in [0.3, 0.4) is 0 Å². The van der Waals surface area contributed by atoms with Crippen molar-refractivity contribution in [1.29, 1.82) is 0 Å². The number of benzene rings is 3. The van der Waals surface area contributed by atoms with Crippen LogP contribution in [-0.2, 0) is 9.59 Å². The zero-order valence-electron chi connectivity index (χ0n) is 18.2. The molecule has 1 heterocycles. The summed E-state index contributed by atoms with van der Waals surface area (Å²) in [7, 11) is 0. The number of anilines is 2. The third-order valence-electron chi connectivity index (χ3n) is 4.91. The van der Waals surface area contributed by atoms with Crippen LogP contribution in [0.4, 0.5) is 17.1 Å². The molecule has 0 aromatic heterocycles. The molecule has 0 atom stereocenters. The summed E-state index contributed by atoms with van der Waals surface area (Å²) in [6.07, 6.45) is 0. The molecular weight excluding hydrogens is 442 g/mol. The summed E-state index contributed by atoms with van der Waals surface area (Å²) in [6.45, 7) is 1.92. The molecule has 3 aromatic rings. The SMILES string of the molecule is CCOc1ccc(Oc2ccc(NC(=O)CN3C(=O)COc4ccc([N+](=O)[O-])cc43)cc2)cc1. The van der Waals surface area contributed by atoms with Crippen molar-refractivity contribution in [2.45, 2.75) is 6.92 Å². The molecule has 10 heteroatoms. The molecule has 0 aliphatic carbocycles. The van der Waals surface area contributed by atoms with Gasteiger partial charge in [0.05, 0.1) is 17.2 Å². The van der Waals surface area contributed by atoms with Gasteiger partial charge in [-0.05, 0) is 61.5 Å². The summed E-state index contributed by atoms with van der Waals surface area (Å²) in [4.78, 5) is 36.6. The summed E-state index contributed by atoms with van der Waals surface area (Å²) in [5.74, 6) is 1.33. The second kappa shape index (κ2) is 9.90. The van der Waals surface area contributed by atoms with E-state index in [1.54, 1.807) is 36.4 Å². The lowest BCUT2D eigenvalue weighted by Gasteiger charge is -2.28. The second-order valence-electron chi connectivity index (χ2n) is 7.26. The molecule has 1 aliphatic rings. The van der Waals surface area contributed by atoms with Gasteiger partial charge in [-0.1, -0.05) is 0 Å². The number of carbonyl (C=O) groups is 2. The second-order valence-corrected chi connectivity index (χ2v) is 7.26. The Hall–Kier alpha value is -4.60. The number of nitrogens with one attached hydrogen (secondary N) is 1. The maximum atomic E-state index is 12.6. The first kappa shape index (κ1) is 22.6. The third-order valence-corrected chi connectivity index (χ3v) is 4.91. The van der Waals surface area contributed by atoms with Crippen LogP contribution in [0.15, 0.2) is 66.7 Å². The summed E-state index contributed by atoms with van der Waals surface area (Å²) >= 11 is 0. The topological polar surface area (TPSA) is 120 Å². The minimum atomic E-state index is -0.575. The standard InChI is InChI=1S/C24H21N3O7/c1-2-32-18-8-10-20(11-9-18)34-19-6-3-16(4-7-19)25-23(28)14-26-21-13-17(27(30)31)5-12-22(21)33-15-24(26)29/h3-13H,2,14-15H2,1H3,(H,25,28). The zero-order chi connectivity index (χ0) is 24.1. The molecule has 34 heavy (non-hydrogen) atoms. The highest BCUT2D eigenvalue weighted by Gasteiger charge is 2.29. The summed E-state index contributed by atoms with van der Waals surface area (Å²) in [5.41, 5.74) is 0.481. The lowest BCUT2D eigenvalue weighted by molar-refractivity contribution is -0.384. The van der Waals surface area contributed by atoms with E-state index in [0.717, 1.165) is 5.75 Å². The van der Waals surface area contributed by atoms with Gasteiger partial charge in [0.15, 0.2) is 6.61 Å². The van der Waals surface area contributed by atoms with Crippen molar-refractivity contribution in [2.75, 3.05) is 30.0 Å². The fraction of sp³-hybridized carbons (Fsp3) is 0.167. The van der Waals surface area contributed by atoms with Crippen LogP contribution in [0.25, 0.3) is 0 Å². The Labute approximate surface area is 194 Å². The highest BCUT2D eigenvalue weighted by molar-refractivity contribution is 6.05. The number of carbonyl (C=O) groups excluding carboxylic acids is 2. The van der Waals surface area contributed by atoms with E-state index in [4.69, 9.17) is 14.2 Å². The Morgan fingerprint density at radius 3 is 2.35 bits per heavy atom. The van der Waals surface area contributed by atoms with Gasteiger partial charge < -0.3 is 19.5 Å². The quantitative estimate of drug-likeness (QED) is 0.394. The molecule has 0 saturated carbocycles. The van der Waals surface area contributed by atoms with Gasteiger partial charge in [0, 0.05) is 17.8 Å². The molecule has 1 N–H and O–H groups in total. The molecule has 0 spiro atoms. The van der Waals surface area contributed by atoms with Crippen molar-refractivity contribution < 1.29 is 28.7 Å². The Bertz CT molecular complexity index is 1210. The van der Waals surface area contributed by atoms with Crippen LogP contribution in [0.1, 0.15) is 6.92 Å². The van der Waals surface area contributed by atoms with E-state index in [-0.39, 0.29) is 24.5 Å². The third kappa shape index (κ3) is 5.23. The van der Waals surface area contributed by atoms with E-state index in [1.807, 2.05) is 19.1 Å². The molecule has 0 saturated heterocycles. The fourth-order valence-electron chi connectivity index (χ4n) is 3.33. The van der Waals surface area contributed by atoms with Gasteiger partial charge in [0.25, 0.3) is 11.6 Å². The average molecular weight is 463 g/mol. The number of hydrogen-bond donors (Lipinski definition) is 1. The maximum Gasteiger partial charge on any atom is 0.271 e. The van der Waals surface area contributed by atoms with Crippen molar-refractivity contribution in [1.82, 2.24) is 0 Å². The van der Waals surface area contributed by atoms with E-state index >= 15 is 0 Å². The van der Waals surface area contributed by atoms with Crippen LogP contribution in [0, 0.1) is 10.1 Å². The molecule has 4 rings (SSSR count). The molecule has 0 fully saturated rings. The number of fused-ring (bicyclic) bond motifs is 1. The van der Waals surface area contributed by atoms with Gasteiger partial charge in [-0.2, -0.15) is 0 Å². The molecule has 2 amide bonds. The minimum Gasteiger partial charge on any atom is -0.494 e. The van der Waals surface area contributed by atoms with Crippen LogP contribution < -0.4 is 24.4 Å². The van der Waals surface area contributed by atoms with E-state index in [9.17, 15) is 19.7 Å². The van der Waals surface area contributed by atoms with Crippen LogP contribution in [0.2, 0.25) is 0 Å². The number of nitro groups is 1. The molecule has 10 nitrogen and oxygen atoms in total. The van der Waals surface area contributed by atoms with Crippen molar-refractivity contribution >= 4 is 28.9 Å². The molecular formula is C24H21N3O7. The fourth-order valence-corrected chi connectivity index (χ4v) is 3.33. The van der Waals surface area contributed by atoms with E-state index in [0.29, 0.717) is 29.5 Å². The van der Waals surface area contributed by atoms with Gasteiger partial charge in [0.1, 0.15) is 29.5 Å². The van der Waals surface area contributed by atoms with Gasteiger partial charge in [-0.15, -0.1) is 0 Å². The summed E-state index contributed by atoms with van der Waals surface area (Å²) in [5, 5.41) is 13.8.